The van der Waals surface area contributed by atoms with Crippen molar-refractivity contribution in [1.29, 1.82) is 0 Å². The third-order valence-corrected chi connectivity index (χ3v) is 1.62. The van der Waals surface area contributed by atoms with E-state index in [0.29, 0.717) is 6.04 Å². The fourth-order valence-electron chi connectivity index (χ4n) is 0.676. The maximum Gasteiger partial charge on any atom is 0.0946 e. The van der Waals surface area contributed by atoms with Crippen molar-refractivity contribution in [2.45, 2.75) is 26.3 Å². The van der Waals surface area contributed by atoms with Crippen molar-refractivity contribution in [3.63, 3.8) is 0 Å². The maximum absolute atomic E-state index is 3.91. The van der Waals surface area contributed by atoms with Crippen LogP contribution in [-0.4, -0.2) is 17.3 Å². The molecule has 0 N–H and O–H groups in total. The molecule has 0 aliphatic heterocycles. The lowest BCUT2D eigenvalue weighted by Gasteiger charge is -2.20. The Kier molecular flexibility index (Phi) is 5.17. The Labute approximate surface area is 68.9 Å². The molecule has 0 heterocycles. The van der Waals surface area contributed by atoms with Crippen molar-refractivity contribution in [1.82, 2.24) is 4.90 Å². The molecule has 62 valence electrons. The zero-order chi connectivity index (χ0) is 8.69. The molecule has 0 aliphatic rings. The molecular weight excluding hydrogens is 136 g/mol. The van der Waals surface area contributed by atoms with E-state index < -0.39 is 0 Å². The van der Waals surface area contributed by atoms with Gasteiger partial charge in [0.1, 0.15) is 0 Å². The van der Waals surface area contributed by atoms with Crippen LogP contribution in [0.5, 0.6) is 0 Å². The highest BCUT2D eigenvalue weighted by Crippen LogP contribution is 2.00. The van der Waals surface area contributed by atoms with Gasteiger partial charge in [-0.25, -0.2) is 4.99 Å². The van der Waals surface area contributed by atoms with Crippen molar-refractivity contribution >= 4 is 6.34 Å². The highest BCUT2D eigenvalue weighted by atomic mass is 15.1. The van der Waals surface area contributed by atoms with Crippen molar-refractivity contribution in [3.8, 4) is 0 Å². The van der Waals surface area contributed by atoms with Gasteiger partial charge in [0.15, 0.2) is 0 Å². The molecule has 0 spiro atoms. The second kappa shape index (κ2) is 5.71. The first-order valence-corrected chi connectivity index (χ1v) is 3.80. The Morgan fingerprint density at radius 3 is 2.55 bits per heavy atom. The van der Waals surface area contributed by atoms with Gasteiger partial charge < -0.3 is 4.90 Å². The van der Waals surface area contributed by atoms with E-state index in [9.17, 15) is 0 Å². The minimum absolute atomic E-state index is 0.455. The first-order valence-electron chi connectivity index (χ1n) is 3.80. The van der Waals surface area contributed by atoms with E-state index in [4.69, 9.17) is 0 Å². The van der Waals surface area contributed by atoms with Crippen LogP contribution in [-0.2, 0) is 0 Å². The van der Waals surface area contributed by atoms with Crippen LogP contribution in [0, 0.1) is 0 Å². The molecule has 0 radical (unpaired) electrons. The van der Waals surface area contributed by atoms with Gasteiger partial charge in [0.05, 0.1) is 6.34 Å². The van der Waals surface area contributed by atoms with Gasteiger partial charge in [0.25, 0.3) is 0 Å². The molecule has 1 unspecified atom stereocenters. The van der Waals surface area contributed by atoms with Crippen molar-refractivity contribution in [2.75, 3.05) is 0 Å². The van der Waals surface area contributed by atoms with Gasteiger partial charge in [0.2, 0.25) is 0 Å². The first-order chi connectivity index (χ1) is 5.26. The highest BCUT2D eigenvalue weighted by molar-refractivity contribution is 5.57. The molecule has 0 bridgehead atoms. The topological polar surface area (TPSA) is 15.6 Å². The summed E-state index contributed by atoms with van der Waals surface area (Å²) < 4.78 is 0. The normalized spacial score (nSPS) is 12.9. The Balaban J connectivity index is 4.03. The van der Waals surface area contributed by atoms with E-state index in [0.717, 1.165) is 6.42 Å². The molecule has 2 heteroatoms. The summed E-state index contributed by atoms with van der Waals surface area (Å²) in [4.78, 5) is 5.87. The monoisotopic (exact) mass is 152 g/mol. The molecule has 0 aliphatic carbocycles. The second-order valence-corrected chi connectivity index (χ2v) is 2.33. The van der Waals surface area contributed by atoms with Crippen LogP contribution in [0.25, 0.3) is 0 Å². The minimum Gasteiger partial charge on any atom is -0.337 e. The summed E-state index contributed by atoms with van der Waals surface area (Å²) in [6.45, 7) is 11.4. The van der Waals surface area contributed by atoms with E-state index in [-0.39, 0.29) is 0 Å². The minimum atomic E-state index is 0.455. The Hall–Kier alpha value is -1.05. The molecule has 0 amide bonds. The molecule has 0 rings (SSSR count). The Bertz CT molecular complexity index is 150. The Morgan fingerprint density at radius 2 is 2.18 bits per heavy atom. The summed E-state index contributed by atoms with van der Waals surface area (Å²) in [5, 5.41) is 0. The highest BCUT2D eigenvalue weighted by Gasteiger charge is 2.02. The van der Waals surface area contributed by atoms with Gasteiger partial charge in [0, 0.05) is 12.2 Å². The van der Waals surface area contributed by atoms with Gasteiger partial charge in [-0.1, -0.05) is 20.1 Å². The van der Waals surface area contributed by atoms with Crippen LogP contribution in [0.15, 0.2) is 30.6 Å². The molecule has 0 aromatic rings. The van der Waals surface area contributed by atoms with Crippen LogP contribution >= 0.6 is 0 Å². The molecular formula is C9H16N2. The van der Waals surface area contributed by atoms with Gasteiger partial charge in [-0.3, -0.25) is 0 Å². The van der Waals surface area contributed by atoms with Crippen molar-refractivity contribution in [3.05, 3.63) is 25.6 Å². The summed E-state index contributed by atoms with van der Waals surface area (Å²) in [6, 6.07) is 0.455. The van der Waals surface area contributed by atoms with Crippen LogP contribution in [0.2, 0.25) is 0 Å². The van der Waals surface area contributed by atoms with E-state index in [1.807, 2.05) is 4.90 Å². The third-order valence-electron chi connectivity index (χ3n) is 1.62. The average Bonchev–Trinajstić information content (AvgIpc) is 2.05. The van der Waals surface area contributed by atoms with Gasteiger partial charge in [-0.15, -0.1) is 0 Å². The van der Waals surface area contributed by atoms with Crippen molar-refractivity contribution in [2.24, 2.45) is 4.99 Å². The lowest BCUT2D eigenvalue weighted by molar-refractivity contribution is 0.428. The molecule has 1 atom stereocenters. The lowest BCUT2D eigenvalue weighted by Crippen LogP contribution is -2.25. The van der Waals surface area contributed by atoms with E-state index in [1.165, 1.54) is 6.20 Å². The number of hydrogen-bond acceptors (Lipinski definition) is 1. The van der Waals surface area contributed by atoms with E-state index in [2.05, 4.69) is 32.0 Å². The summed E-state index contributed by atoms with van der Waals surface area (Å²) in [5.41, 5.74) is 0. The van der Waals surface area contributed by atoms with E-state index in [1.54, 1.807) is 12.5 Å². The number of nitrogens with zero attached hydrogens (tertiary/aromatic N) is 2. The van der Waals surface area contributed by atoms with Crippen molar-refractivity contribution < 1.29 is 0 Å². The molecule has 0 saturated heterocycles. The van der Waals surface area contributed by atoms with Crippen LogP contribution in [0.3, 0.4) is 0 Å². The molecule has 0 aromatic carbocycles. The fourth-order valence-corrected chi connectivity index (χ4v) is 0.676. The maximum atomic E-state index is 3.91. The smallest absolute Gasteiger partial charge is 0.0946 e. The molecule has 0 saturated carbocycles. The molecule has 0 aromatic heterocycles. The summed E-state index contributed by atoms with van der Waals surface area (Å²) in [7, 11) is 0. The third kappa shape index (κ3) is 3.61. The standard InChI is InChI=1S/C9H16N2/c1-5-9(4)11(7-3)8-10-6-2/h6-9H,2-3,5H2,1,4H3. The number of rotatable bonds is 5. The second-order valence-electron chi connectivity index (χ2n) is 2.33. The summed E-state index contributed by atoms with van der Waals surface area (Å²) >= 11 is 0. The lowest BCUT2D eigenvalue weighted by atomic mass is 10.2. The van der Waals surface area contributed by atoms with E-state index >= 15 is 0 Å². The predicted octanol–water partition coefficient (Wildman–Crippen LogP) is 2.40. The molecule has 0 fully saturated rings. The Morgan fingerprint density at radius 1 is 1.55 bits per heavy atom. The largest absolute Gasteiger partial charge is 0.337 e. The predicted molar refractivity (Wildman–Crippen MR) is 50.5 cm³/mol. The quantitative estimate of drug-likeness (QED) is 0.436. The summed E-state index contributed by atoms with van der Waals surface area (Å²) in [6.07, 6.45) is 6.09. The number of hydrogen-bond donors (Lipinski definition) is 0. The average molecular weight is 152 g/mol. The van der Waals surface area contributed by atoms with Gasteiger partial charge in [-0.05, 0) is 19.5 Å². The van der Waals surface area contributed by atoms with Crippen LogP contribution in [0.4, 0.5) is 0 Å². The van der Waals surface area contributed by atoms with Gasteiger partial charge >= 0.3 is 0 Å². The zero-order valence-corrected chi connectivity index (χ0v) is 7.33. The number of aliphatic imine (C=N–C) groups is 1. The fraction of sp³-hybridized carbons (Fsp3) is 0.444. The molecule has 2 nitrogen and oxygen atoms in total. The first kappa shape index (κ1) is 9.95. The zero-order valence-electron chi connectivity index (χ0n) is 7.33. The summed E-state index contributed by atoms with van der Waals surface area (Å²) in [5.74, 6) is 0. The SMILES string of the molecule is C=CN=CN(C=C)C(C)CC. The van der Waals surface area contributed by atoms with Gasteiger partial charge in [-0.2, -0.15) is 0 Å². The van der Waals surface area contributed by atoms with Crippen LogP contribution < -0.4 is 0 Å². The van der Waals surface area contributed by atoms with Crippen LogP contribution in [0.1, 0.15) is 20.3 Å². The molecule has 11 heavy (non-hydrogen) atoms.